The van der Waals surface area contributed by atoms with E-state index in [1.54, 1.807) is 11.0 Å². The van der Waals surface area contributed by atoms with E-state index in [-0.39, 0.29) is 10.8 Å². The maximum Gasteiger partial charge on any atom is 0.159 e. The number of unbranched alkanes of at least 4 members (excludes halogenated alkanes) is 2. The molecule has 8 nitrogen and oxygen atoms in total. The molecule has 3 aromatic rings. The van der Waals surface area contributed by atoms with Gasteiger partial charge < -0.3 is 5.32 Å². The van der Waals surface area contributed by atoms with Gasteiger partial charge in [0.15, 0.2) is 5.82 Å². The van der Waals surface area contributed by atoms with Crippen LogP contribution in [0.25, 0.3) is 5.82 Å². The van der Waals surface area contributed by atoms with Gasteiger partial charge in [-0.05, 0) is 73.5 Å². The topological polar surface area (TPSA) is 97.2 Å². The molecule has 6 atom stereocenters. The van der Waals surface area contributed by atoms with Gasteiger partial charge in [-0.2, -0.15) is 15.5 Å². The lowest BCUT2D eigenvalue weighted by Crippen LogP contribution is -2.86. The molecule has 7 aliphatic carbocycles. The molecule has 0 bridgehead atoms. The van der Waals surface area contributed by atoms with E-state index >= 15 is 0 Å². The number of rotatable bonds is 8. The Labute approximate surface area is 225 Å². The van der Waals surface area contributed by atoms with Crippen molar-refractivity contribution in [3.8, 4) is 11.9 Å². The molecule has 38 heavy (non-hydrogen) atoms. The Kier molecular flexibility index (Phi) is 3.13. The van der Waals surface area contributed by atoms with Gasteiger partial charge in [0.05, 0.1) is 33.6 Å². The van der Waals surface area contributed by atoms with Crippen LogP contribution in [0.1, 0.15) is 48.8 Å². The summed E-state index contributed by atoms with van der Waals surface area (Å²) in [5.74, 6) is 6.85. The predicted molar refractivity (Wildman–Crippen MR) is 139 cm³/mol. The Morgan fingerprint density at radius 1 is 1.05 bits per heavy atom. The van der Waals surface area contributed by atoms with Crippen molar-refractivity contribution in [3.05, 3.63) is 40.1 Å². The summed E-state index contributed by atoms with van der Waals surface area (Å²) in [5, 5.41) is 24.4. The molecule has 0 radical (unpaired) electrons. The van der Waals surface area contributed by atoms with Crippen molar-refractivity contribution in [1.82, 2.24) is 29.5 Å². The number of fused-ring (bicyclic) bond motifs is 6. The zero-order chi connectivity index (χ0) is 25.7. The van der Waals surface area contributed by atoms with Crippen LogP contribution in [0.5, 0.6) is 0 Å². The van der Waals surface area contributed by atoms with Gasteiger partial charge in [0.1, 0.15) is 18.0 Å². The number of nitrogens with one attached hydrogen (secondary N) is 1. The lowest BCUT2D eigenvalue weighted by atomic mass is 9.16. The number of aryl methyl sites for hydroxylation is 2. The van der Waals surface area contributed by atoms with Crippen LogP contribution in [0, 0.1) is 83.9 Å². The largest absolute Gasteiger partial charge is 0.325 e. The first-order valence-corrected chi connectivity index (χ1v) is 14.6. The molecule has 192 valence electrons. The van der Waals surface area contributed by atoms with Crippen LogP contribution in [0.3, 0.4) is 0 Å². The first-order valence-electron chi connectivity index (χ1n) is 14.2. The smallest absolute Gasteiger partial charge is 0.159 e. The molecule has 2 spiro atoms. The van der Waals surface area contributed by atoms with Gasteiger partial charge in [-0.15, -0.1) is 0 Å². The summed E-state index contributed by atoms with van der Waals surface area (Å²) in [6, 6.07) is 4.78. The van der Waals surface area contributed by atoms with Crippen molar-refractivity contribution >= 4 is 23.2 Å². The number of nitrogens with zero attached hydrogens (tertiary/aromatic N) is 7. The molecule has 3 heterocycles. The van der Waals surface area contributed by atoms with Gasteiger partial charge in [-0.25, -0.2) is 19.3 Å². The SMILES string of the molecule is CCCCCn1nc(C23C4C5C6(C#N)C7C2C72C6C54C32)c(C)c1Nc1cc(-n2nc(C)c(Cl)c2C)ncn1. The Bertz CT molecular complexity index is 1680. The Morgan fingerprint density at radius 2 is 1.82 bits per heavy atom. The lowest BCUT2D eigenvalue weighted by molar-refractivity contribution is -0.383. The van der Waals surface area contributed by atoms with Gasteiger partial charge in [-0.3, -0.25) is 0 Å². The van der Waals surface area contributed by atoms with Gasteiger partial charge in [0, 0.05) is 23.6 Å². The van der Waals surface area contributed by atoms with Crippen molar-refractivity contribution < 1.29 is 0 Å². The number of nitriles is 1. The zero-order valence-corrected chi connectivity index (χ0v) is 22.7. The first kappa shape index (κ1) is 21.0. The quantitative estimate of drug-likeness (QED) is 0.422. The van der Waals surface area contributed by atoms with E-state index in [4.69, 9.17) is 16.7 Å². The summed E-state index contributed by atoms with van der Waals surface area (Å²) in [6.45, 7) is 9.24. The van der Waals surface area contributed by atoms with Crippen LogP contribution in [0.2, 0.25) is 5.02 Å². The van der Waals surface area contributed by atoms with E-state index in [0.29, 0.717) is 33.5 Å². The summed E-state index contributed by atoms with van der Waals surface area (Å²) in [6.07, 6.45) is 5.05. The molecule has 0 saturated heterocycles. The van der Waals surface area contributed by atoms with E-state index in [1.165, 1.54) is 24.1 Å². The van der Waals surface area contributed by atoms with E-state index in [1.807, 2.05) is 19.9 Å². The molecule has 3 aromatic heterocycles. The monoisotopic (exact) mass is 524 g/mol. The van der Waals surface area contributed by atoms with Crippen molar-refractivity contribution in [2.75, 3.05) is 5.32 Å². The van der Waals surface area contributed by atoms with Gasteiger partial charge in [0.2, 0.25) is 0 Å². The van der Waals surface area contributed by atoms with Crippen molar-refractivity contribution in [2.45, 2.75) is 58.9 Å². The number of hydrogen-bond donors (Lipinski definition) is 1. The minimum absolute atomic E-state index is 0.0771. The molecular formula is C29H29ClN8. The molecule has 0 amide bonds. The normalized spacial score (nSPS) is 45.3. The van der Waals surface area contributed by atoms with E-state index in [9.17, 15) is 5.26 Å². The van der Waals surface area contributed by atoms with Crippen LogP contribution >= 0.6 is 11.6 Å². The van der Waals surface area contributed by atoms with E-state index in [0.717, 1.165) is 59.7 Å². The number of anilines is 2. The second-order valence-electron chi connectivity index (χ2n) is 13.3. The fourth-order valence-electron chi connectivity index (χ4n) is 12.5. The fourth-order valence-corrected chi connectivity index (χ4v) is 12.6. The number of halogens is 1. The van der Waals surface area contributed by atoms with Crippen LogP contribution in [0.15, 0.2) is 12.4 Å². The number of hydrogen-bond acceptors (Lipinski definition) is 6. The third-order valence-electron chi connectivity index (χ3n) is 12.7. The Morgan fingerprint density at radius 3 is 2.47 bits per heavy atom. The lowest BCUT2D eigenvalue weighted by Gasteiger charge is -2.85. The van der Waals surface area contributed by atoms with Crippen molar-refractivity contribution in [3.63, 3.8) is 0 Å². The van der Waals surface area contributed by atoms with Crippen molar-refractivity contribution in [1.29, 1.82) is 5.26 Å². The summed E-state index contributed by atoms with van der Waals surface area (Å²) in [4.78, 5) is 9.04. The van der Waals surface area contributed by atoms with Crippen LogP contribution < -0.4 is 5.32 Å². The van der Waals surface area contributed by atoms with Crippen LogP contribution in [-0.2, 0) is 12.0 Å². The second kappa shape index (κ2) is 5.67. The van der Waals surface area contributed by atoms with Crippen LogP contribution in [0.4, 0.5) is 11.6 Å². The average Bonchev–Trinajstić information content (AvgIpc) is 3.73. The van der Waals surface area contributed by atoms with Crippen molar-refractivity contribution in [2.24, 2.45) is 51.8 Å². The molecule has 7 saturated carbocycles. The fraction of sp³-hybridized carbons (Fsp3) is 0.621. The third kappa shape index (κ3) is 1.53. The molecule has 7 fully saturated rings. The highest BCUT2D eigenvalue weighted by molar-refractivity contribution is 6.31. The zero-order valence-electron chi connectivity index (χ0n) is 22.0. The maximum absolute atomic E-state index is 10.1. The third-order valence-corrected chi connectivity index (χ3v) is 13.2. The van der Waals surface area contributed by atoms with Gasteiger partial charge in [-0.1, -0.05) is 31.4 Å². The summed E-state index contributed by atoms with van der Waals surface area (Å²) in [5.41, 5.74) is 5.71. The highest BCUT2D eigenvalue weighted by Gasteiger charge is 3.31. The first-order chi connectivity index (χ1) is 18.4. The molecule has 10 rings (SSSR count). The Hall–Kier alpha value is -2.92. The summed E-state index contributed by atoms with van der Waals surface area (Å²) < 4.78 is 3.98. The molecule has 7 aliphatic rings. The van der Waals surface area contributed by atoms with E-state index < -0.39 is 0 Å². The van der Waals surface area contributed by atoms with Gasteiger partial charge >= 0.3 is 0 Å². The molecule has 1 N–H and O–H groups in total. The molecule has 9 heteroatoms. The maximum atomic E-state index is 10.1. The minimum Gasteiger partial charge on any atom is -0.325 e. The van der Waals surface area contributed by atoms with Crippen LogP contribution in [-0.4, -0.2) is 29.5 Å². The highest BCUT2D eigenvalue weighted by Crippen LogP contribution is 3.30. The molecule has 0 aliphatic heterocycles. The van der Waals surface area contributed by atoms with Gasteiger partial charge in [0.25, 0.3) is 0 Å². The van der Waals surface area contributed by atoms with E-state index in [2.05, 4.69) is 45.0 Å². The summed E-state index contributed by atoms with van der Waals surface area (Å²) in [7, 11) is 0. The standard InChI is InChI=1S/C29H29ClN8/c1-5-6-7-8-37-23(34-15-9-16(33-11-32-15)38-14(4)17(30)13(3)35-38)12(2)22(36-37)27-20-18-26(10-31)19-21(27)29(19)24(26)28(18,20)25(27)29/h9,11,18-21,24-25H,5-8H2,1-4H3,(H,32,33,34). The second-order valence-corrected chi connectivity index (χ2v) is 13.7. The average molecular weight is 525 g/mol. The molecular weight excluding hydrogens is 496 g/mol. The molecule has 0 aromatic carbocycles. The Balaban J connectivity index is 1.04. The molecule has 6 unspecified atom stereocenters. The number of aromatic nitrogens is 6. The minimum atomic E-state index is 0.0771. The summed E-state index contributed by atoms with van der Waals surface area (Å²) >= 11 is 6.41. The highest BCUT2D eigenvalue weighted by atomic mass is 35.5. The predicted octanol–water partition coefficient (Wildman–Crippen LogP) is 4.88.